The molecule has 2 nitrogen and oxygen atoms in total. The fraction of sp³-hybridized carbons (Fsp3) is 0.714. The molecule has 1 N–H and O–H groups in total. The Morgan fingerprint density at radius 2 is 2.18 bits per heavy atom. The van der Waals surface area contributed by atoms with E-state index in [1.165, 1.54) is 37.0 Å². The summed E-state index contributed by atoms with van der Waals surface area (Å²) in [5, 5.41) is 5.98. The van der Waals surface area contributed by atoms with Gasteiger partial charge < -0.3 is 10.1 Å². The molecule has 1 aliphatic carbocycles. The molecule has 0 bridgehead atoms. The Morgan fingerprint density at radius 3 is 2.71 bits per heavy atom. The summed E-state index contributed by atoms with van der Waals surface area (Å²) < 4.78 is 5.42. The van der Waals surface area contributed by atoms with E-state index in [2.05, 4.69) is 29.8 Å². The van der Waals surface area contributed by atoms with E-state index in [4.69, 9.17) is 4.74 Å². The number of rotatable bonds is 5. The molecule has 0 aromatic carbocycles. The maximum atomic E-state index is 5.42. The van der Waals surface area contributed by atoms with Gasteiger partial charge in [0, 0.05) is 24.1 Å². The Hall–Kier alpha value is -0.380. The average molecular weight is 253 g/mol. The van der Waals surface area contributed by atoms with Gasteiger partial charge in [0.05, 0.1) is 6.10 Å². The summed E-state index contributed by atoms with van der Waals surface area (Å²) in [6.45, 7) is 2.26. The van der Waals surface area contributed by atoms with Crippen molar-refractivity contribution in [1.29, 1.82) is 0 Å². The van der Waals surface area contributed by atoms with Crippen LogP contribution in [-0.4, -0.2) is 19.3 Å². The van der Waals surface area contributed by atoms with Gasteiger partial charge in [-0.3, -0.25) is 0 Å². The Kier molecular flexibility index (Phi) is 5.01. The van der Waals surface area contributed by atoms with Crippen molar-refractivity contribution >= 4 is 11.3 Å². The zero-order valence-electron chi connectivity index (χ0n) is 10.8. The van der Waals surface area contributed by atoms with E-state index in [0.717, 1.165) is 0 Å². The summed E-state index contributed by atoms with van der Waals surface area (Å²) in [7, 11) is 1.83. The lowest BCUT2D eigenvalue weighted by molar-refractivity contribution is 0.0611. The van der Waals surface area contributed by atoms with Crippen LogP contribution in [0.2, 0.25) is 0 Å². The van der Waals surface area contributed by atoms with Gasteiger partial charge in [-0.25, -0.2) is 0 Å². The zero-order valence-corrected chi connectivity index (χ0v) is 11.6. The number of methoxy groups -OCH3 is 1. The highest BCUT2D eigenvalue weighted by atomic mass is 32.1. The first-order chi connectivity index (χ1) is 8.33. The maximum Gasteiger partial charge on any atom is 0.0572 e. The predicted molar refractivity (Wildman–Crippen MR) is 73.5 cm³/mol. The van der Waals surface area contributed by atoms with Crippen molar-refractivity contribution < 1.29 is 4.74 Å². The molecule has 1 aromatic rings. The first kappa shape index (κ1) is 13.1. The number of nitrogens with one attached hydrogen (secondary N) is 1. The van der Waals surface area contributed by atoms with Crippen LogP contribution in [-0.2, 0) is 4.74 Å². The highest BCUT2D eigenvalue weighted by Crippen LogP contribution is 2.26. The lowest BCUT2D eigenvalue weighted by atomic mass is 9.92. The van der Waals surface area contributed by atoms with Crippen molar-refractivity contribution in [2.24, 2.45) is 0 Å². The summed E-state index contributed by atoms with van der Waals surface area (Å²) in [5.41, 5.74) is 0. The van der Waals surface area contributed by atoms with Gasteiger partial charge in [0.15, 0.2) is 0 Å². The van der Waals surface area contributed by atoms with Crippen LogP contribution in [0.15, 0.2) is 17.5 Å². The standard InChI is InChI=1S/C14H23NOS/c1-3-13(14-5-4-10-17-14)15-11-6-8-12(16-2)9-7-11/h4-5,10-13,15H,3,6-9H2,1-2H3. The molecule has 1 heterocycles. The van der Waals surface area contributed by atoms with Gasteiger partial charge in [-0.1, -0.05) is 13.0 Å². The quantitative estimate of drug-likeness (QED) is 0.863. The Labute approximate surface area is 108 Å². The third-order valence-electron chi connectivity index (χ3n) is 3.74. The first-order valence-corrected chi connectivity index (χ1v) is 7.53. The molecule has 0 aliphatic heterocycles. The molecule has 0 radical (unpaired) electrons. The van der Waals surface area contributed by atoms with E-state index < -0.39 is 0 Å². The van der Waals surface area contributed by atoms with Crippen molar-refractivity contribution in [3.8, 4) is 0 Å². The van der Waals surface area contributed by atoms with Crippen LogP contribution in [0.4, 0.5) is 0 Å². The van der Waals surface area contributed by atoms with Gasteiger partial charge in [-0.05, 0) is 43.6 Å². The molecule has 1 saturated carbocycles. The summed E-state index contributed by atoms with van der Waals surface area (Å²) in [5.74, 6) is 0. The minimum absolute atomic E-state index is 0.495. The predicted octanol–water partition coefficient (Wildman–Crippen LogP) is 3.75. The van der Waals surface area contributed by atoms with Gasteiger partial charge in [-0.15, -0.1) is 11.3 Å². The van der Waals surface area contributed by atoms with Crippen molar-refractivity contribution in [3.63, 3.8) is 0 Å². The number of thiophene rings is 1. The molecule has 0 amide bonds. The van der Waals surface area contributed by atoms with Crippen LogP contribution in [0.25, 0.3) is 0 Å². The van der Waals surface area contributed by atoms with Crippen molar-refractivity contribution in [2.75, 3.05) is 7.11 Å². The molecular weight excluding hydrogens is 230 g/mol. The van der Waals surface area contributed by atoms with E-state index >= 15 is 0 Å². The van der Waals surface area contributed by atoms with Crippen LogP contribution in [0.5, 0.6) is 0 Å². The summed E-state index contributed by atoms with van der Waals surface area (Å²) in [6.07, 6.45) is 6.57. The minimum atomic E-state index is 0.495. The SMILES string of the molecule is CCC(NC1CCC(OC)CC1)c1cccs1. The normalized spacial score (nSPS) is 26.9. The Morgan fingerprint density at radius 1 is 1.41 bits per heavy atom. The molecule has 0 saturated heterocycles. The summed E-state index contributed by atoms with van der Waals surface area (Å²) in [6, 6.07) is 5.60. The second kappa shape index (κ2) is 6.53. The maximum absolute atomic E-state index is 5.42. The average Bonchev–Trinajstić information content (AvgIpc) is 2.90. The topological polar surface area (TPSA) is 21.3 Å². The highest BCUT2D eigenvalue weighted by molar-refractivity contribution is 7.10. The van der Waals surface area contributed by atoms with Crippen LogP contribution >= 0.6 is 11.3 Å². The summed E-state index contributed by atoms with van der Waals surface area (Å²) in [4.78, 5) is 1.47. The van der Waals surface area contributed by atoms with Crippen LogP contribution in [0.1, 0.15) is 49.9 Å². The van der Waals surface area contributed by atoms with E-state index in [1.807, 2.05) is 18.4 Å². The van der Waals surface area contributed by atoms with Gasteiger partial charge in [0.1, 0.15) is 0 Å². The van der Waals surface area contributed by atoms with Crippen molar-refractivity contribution in [1.82, 2.24) is 5.32 Å². The van der Waals surface area contributed by atoms with Gasteiger partial charge in [0.2, 0.25) is 0 Å². The Balaban J connectivity index is 1.84. The molecule has 1 aliphatic rings. The fourth-order valence-electron chi connectivity index (χ4n) is 2.64. The summed E-state index contributed by atoms with van der Waals surface area (Å²) >= 11 is 1.86. The van der Waals surface area contributed by atoms with E-state index in [9.17, 15) is 0 Å². The lowest BCUT2D eigenvalue weighted by Gasteiger charge is -2.31. The Bertz CT molecular complexity index is 304. The minimum Gasteiger partial charge on any atom is -0.381 e. The smallest absolute Gasteiger partial charge is 0.0572 e. The van der Waals surface area contributed by atoms with E-state index in [1.54, 1.807) is 0 Å². The van der Waals surface area contributed by atoms with Gasteiger partial charge in [-0.2, -0.15) is 0 Å². The second-order valence-electron chi connectivity index (χ2n) is 4.85. The molecule has 1 unspecified atom stereocenters. The second-order valence-corrected chi connectivity index (χ2v) is 5.83. The molecule has 1 atom stereocenters. The molecule has 96 valence electrons. The zero-order chi connectivity index (χ0) is 12.1. The molecule has 0 spiro atoms. The molecule has 3 heteroatoms. The van der Waals surface area contributed by atoms with E-state index in [-0.39, 0.29) is 0 Å². The lowest BCUT2D eigenvalue weighted by Crippen LogP contribution is -2.37. The molecular formula is C14H23NOS. The largest absolute Gasteiger partial charge is 0.381 e. The number of hydrogen-bond acceptors (Lipinski definition) is 3. The highest BCUT2D eigenvalue weighted by Gasteiger charge is 2.23. The first-order valence-electron chi connectivity index (χ1n) is 6.65. The van der Waals surface area contributed by atoms with E-state index in [0.29, 0.717) is 18.2 Å². The van der Waals surface area contributed by atoms with Crippen LogP contribution < -0.4 is 5.32 Å². The van der Waals surface area contributed by atoms with Crippen molar-refractivity contribution in [2.45, 2.75) is 57.2 Å². The van der Waals surface area contributed by atoms with Crippen molar-refractivity contribution in [3.05, 3.63) is 22.4 Å². The number of ether oxygens (including phenoxy) is 1. The van der Waals surface area contributed by atoms with Gasteiger partial charge in [0.25, 0.3) is 0 Å². The van der Waals surface area contributed by atoms with Crippen LogP contribution in [0.3, 0.4) is 0 Å². The molecule has 2 rings (SSSR count). The number of hydrogen-bond donors (Lipinski definition) is 1. The van der Waals surface area contributed by atoms with Crippen LogP contribution in [0, 0.1) is 0 Å². The monoisotopic (exact) mass is 253 g/mol. The molecule has 1 fully saturated rings. The fourth-order valence-corrected chi connectivity index (χ4v) is 3.51. The van der Waals surface area contributed by atoms with Gasteiger partial charge >= 0.3 is 0 Å². The third-order valence-corrected chi connectivity index (χ3v) is 4.73. The molecule has 17 heavy (non-hydrogen) atoms. The third kappa shape index (κ3) is 3.54. The molecule has 1 aromatic heterocycles.